The topological polar surface area (TPSA) is 145 Å². The predicted molar refractivity (Wildman–Crippen MR) is 58.8 cm³/mol. The van der Waals surface area contributed by atoms with E-state index in [2.05, 4.69) is 14.3 Å². The van der Waals surface area contributed by atoms with Gasteiger partial charge in [-0.15, -0.1) is 0 Å². The van der Waals surface area contributed by atoms with Gasteiger partial charge < -0.3 is 0 Å². The number of rotatable bonds is 2. The van der Waals surface area contributed by atoms with E-state index in [1.807, 2.05) is 5.32 Å². The Morgan fingerprint density at radius 3 is 2.56 bits per heavy atom. The summed E-state index contributed by atoms with van der Waals surface area (Å²) >= 11 is 5.52. The van der Waals surface area contributed by atoms with E-state index in [0.29, 0.717) is 0 Å². The molecule has 0 fully saturated rings. The van der Waals surface area contributed by atoms with Crippen molar-refractivity contribution in [2.24, 2.45) is 4.36 Å². The van der Waals surface area contributed by atoms with Crippen LogP contribution in [0.2, 0.25) is 5.15 Å². The molecule has 0 bridgehead atoms. The normalized spacial score (nSPS) is 9.67. The molecule has 18 heavy (non-hydrogen) atoms. The molecular formula is C6H4ClN5O5S. The number of carbonyl (C=O) groups is 1. The van der Waals surface area contributed by atoms with Crippen molar-refractivity contribution in [3.05, 3.63) is 21.0 Å². The highest BCUT2D eigenvalue weighted by atomic mass is 35.5. The lowest BCUT2D eigenvalue weighted by molar-refractivity contribution is -0.385. The van der Waals surface area contributed by atoms with Gasteiger partial charge in [-0.3, -0.25) is 15.4 Å². The van der Waals surface area contributed by atoms with E-state index >= 15 is 0 Å². The summed E-state index contributed by atoms with van der Waals surface area (Å²) in [5, 5.41) is 12.0. The van der Waals surface area contributed by atoms with Crippen LogP contribution in [-0.2, 0) is 10.5 Å². The molecule has 1 heterocycles. The van der Waals surface area contributed by atoms with Gasteiger partial charge in [0.15, 0.2) is 0 Å². The molecular weight excluding hydrogens is 290 g/mol. The van der Waals surface area contributed by atoms with Crippen LogP contribution in [0.25, 0.3) is 0 Å². The molecule has 0 aromatic carbocycles. The number of halogens is 1. The maximum atomic E-state index is 10.9. The molecule has 1 rings (SSSR count). The molecule has 0 saturated carbocycles. The maximum absolute atomic E-state index is 10.9. The summed E-state index contributed by atoms with van der Waals surface area (Å²) in [6.07, 6.45) is 0. The van der Waals surface area contributed by atoms with Crippen molar-refractivity contribution in [3.8, 4) is 0 Å². The van der Waals surface area contributed by atoms with Crippen LogP contribution in [0.15, 0.2) is 4.36 Å². The molecule has 1 aromatic rings. The van der Waals surface area contributed by atoms with Crippen LogP contribution in [0.5, 0.6) is 0 Å². The van der Waals surface area contributed by atoms with Crippen LogP contribution in [0.1, 0.15) is 5.69 Å². The molecule has 0 saturated heterocycles. The number of aromatic nitrogens is 2. The van der Waals surface area contributed by atoms with E-state index in [0.717, 1.165) is 0 Å². The van der Waals surface area contributed by atoms with Gasteiger partial charge in [0, 0.05) is 0 Å². The molecule has 0 atom stereocenters. The third-order valence-electron chi connectivity index (χ3n) is 1.57. The number of nitrogens with one attached hydrogen (secondary N) is 1. The van der Waals surface area contributed by atoms with Crippen molar-refractivity contribution in [3.63, 3.8) is 0 Å². The number of urea groups is 1. The van der Waals surface area contributed by atoms with Crippen molar-refractivity contribution in [2.75, 3.05) is 5.32 Å². The van der Waals surface area contributed by atoms with Gasteiger partial charge in [0.2, 0.25) is 11.1 Å². The Bertz CT molecular complexity index is 625. The monoisotopic (exact) mass is 293 g/mol. The standard InChI is InChI=1S/C6H4ClN5O5S/c1-2-3(12(14)15)4(7)9-5(8-2)10-6(13)11-18(16)17/h1H3,(H,8,9,10,13). The number of carbonyl (C=O) groups excluding carboxylic acids is 1. The fourth-order valence-corrected chi connectivity index (χ4v) is 1.45. The van der Waals surface area contributed by atoms with Gasteiger partial charge in [-0.25, -0.2) is 9.78 Å². The van der Waals surface area contributed by atoms with Crippen molar-refractivity contribution < 1.29 is 18.1 Å². The molecule has 1 N–H and O–H groups in total. The van der Waals surface area contributed by atoms with Crippen LogP contribution in [-0.4, -0.2) is 29.3 Å². The van der Waals surface area contributed by atoms with Gasteiger partial charge in [-0.05, 0) is 6.92 Å². The molecule has 2 amide bonds. The number of anilines is 1. The quantitative estimate of drug-likeness (QED) is 0.485. The van der Waals surface area contributed by atoms with E-state index in [4.69, 9.17) is 11.6 Å². The van der Waals surface area contributed by atoms with Crippen LogP contribution in [0.4, 0.5) is 16.4 Å². The zero-order valence-electron chi connectivity index (χ0n) is 8.62. The molecule has 0 aliphatic carbocycles. The van der Waals surface area contributed by atoms with E-state index in [1.54, 1.807) is 0 Å². The van der Waals surface area contributed by atoms with E-state index < -0.39 is 32.3 Å². The summed E-state index contributed by atoms with van der Waals surface area (Å²) in [4.78, 5) is 27.7. The lowest BCUT2D eigenvalue weighted by atomic mass is 10.4. The molecule has 12 heteroatoms. The first-order chi connectivity index (χ1) is 8.31. The SMILES string of the molecule is Cc1nc(NC(=O)N=S(=O)=O)nc(Cl)c1[N+](=O)[O-]. The number of aryl methyl sites for hydroxylation is 1. The summed E-state index contributed by atoms with van der Waals surface area (Å²) < 4.78 is 22.8. The third-order valence-corrected chi connectivity index (χ3v) is 2.15. The fraction of sp³-hybridized carbons (Fsp3) is 0.167. The van der Waals surface area contributed by atoms with Crippen molar-refractivity contribution in [1.82, 2.24) is 9.97 Å². The molecule has 0 aliphatic rings. The van der Waals surface area contributed by atoms with Gasteiger partial charge in [0.05, 0.1) is 4.92 Å². The Labute approximate surface area is 106 Å². The van der Waals surface area contributed by atoms with Crippen molar-refractivity contribution in [1.29, 1.82) is 0 Å². The zero-order chi connectivity index (χ0) is 13.9. The van der Waals surface area contributed by atoms with Crippen LogP contribution in [0, 0.1) is 17.0 Å². The third kappa shape index (κ3) is 3.43. The fourth-order valence-electron chi connectivity index (χ4n) is 0.982. The molecule has 1 aromatic heterocycles. The minimum atomic E-state index is -2.93. The summed E-state index contributed by atoms with van der Waals surface area (Å²) in [6.45, 7) is 1.28. The molecule has 0 unspecified atom stereocenters. The summed E-state index contributed by atoms with van der Waals surface area (Å²) in [6, 6.07) is -1.24. The molecule has 10 nitrogen and oxygen atoms in total. The second-order valence-corrected chi connectivity index (χ2v) is 3.74. The zero-order valence-corrected chi connectivity index (χ0v) is 10.2. The predicted octanol–water partition coefficient (Wildman–Crippen LogP) is 0.941. The van der Waals surface area contributed by atoms with Crippen molar-refractivity contribution >= 4 is 39.8 Å². The first kappa shape index (κ1) is 13.9. The first-order valence-electron chi connectivity index (χ1n) is 4.12. The van der Waals surface area contributed by atoms with Gasteiger partial charge in [0.1, 0.15) is 5.69 Å². The summed E-state index contributed by atoms with van der Waals surface area (Å²) in [7, 11) is -2.93. The molecule has 0 aliphatic heterocycles. The summed E-state index contributed by atoms with van der Waals surface area (Å²) in [5.41, 5.74) is -0.586. The lowest BCUT2D eigenvalue weighted by Crippen LogP contribution is -2.11. The van der Waals surface area contributed by atoms with E-state index in [9.17, 15) is 23.3 Å². The number of amides is 2. The average molecular weight is 294 g/mol. The largest absolute Gasteiger partial charge is 0.362 e. The smallest absolute Gasteiger partial charge is 0.273 e. The number of hydrogen-bond acceptors (Lipinski definition) is 7. The number of nitrogens with zero attached hydrogens (tertiary/aromatic N) is 4. The minimum absolute atomic E-state index is 0.0847. The van der Waals surface area contributed by atoms with Crippen LogP contribution >= 0.6 is 11.6 Å². The van der Waals surface area contributed by atoms with Gasteiger partial charge in [0.25, 0.3) is 0 Å². The highest BCUT2D eigenvalue weighted by Gasteiger charge is 2.21. The molecule has 0 spiro atoms. The van der Waals surface area contributed by atoms with Crippen LogP contribution in [0.3, 0.4) is 0 Å². The average Bonchev–Trinajstić information content (AvgIpc) is 2.12. The second kappa shape index (κ2) is 5.46. The Kier molecular flexibility index (Phi) is 4.23. The first-order valence-corrected chi connectivity index (χ1v) is 5.53. The Morgan fingerprint density at radius 1 is 1.50 bits per heavy atom. The van der Waals surface area contributed by atoms with Crippen LogP contribution < -0.4 is 5.32 Å². The van der Waals surface area contributed by atoms with E-state index in [-0.39, 0.29) is 11.6 Å². The molecule has 0 radical (unpaired) electrons. The molecule has 96 valence electrons. The van der Waals surface area contributed by atoms with Gasteiger partial charge in [-0.1, -0.05) is 16.0 Å². The number of nitro groups is 1. The Hall–Kier alpha value is -2.14. The Morgan fingerprint density at radius 2 is 2.11 bits per heavy atom. The maximum Gasteiger partial charge on any atom is 0.362 e. The number of hydrogen-bond donors (Lipinski definition) is 1. The second-order valence-electron chi connectivity index (χ2n) is 2.77. The van der Waals surface area contributed by atoms with Gasteiger partial charge in [-0.2, -0.15) is 13.4 Å². The summed E-state index contributed by atoms with van der Waals surface area (Å²) in [5.74, 6) is -0.387. The highest BCUT2D eigenvalue weighted by Crippen LogP contribution is 2.25. The van der Waals surface area contributed by atoms with Gasteiger partial charge >= 0.3 is 22.2 Å². The van der Waals surface area contributed by atoms with E-state index in [1.165, 1.54) is 6.92 Å². The Balaban J connectivity index is 3.12. The highest BCUT2D eigenvalue weighted by molar-refractivity contribution is 7.62. The van der Waals surface area contributed by atoms with Crippen molar-refractivity contribution in [2.45, 2.75) is 6.92 Å². The lowest BCUT2D eigenvalue weighted by Gasteiger charge is -2.02. The minimum Gasteiger partial charge on any atom is -0.273 e.